The summed E-state index contributed by atoms with van der Waals surface area (Å²) in [6.07, 6.45) is 3.54. The number of hydrogen-bond donors (Lipinski definition) is 0. The van der Waals surface area contributed by atoms with E-state index < -0.39 is 0 Å². The highest BCUT2D eigenvalue weighted by Gasteiger charge is 2.71. The van der Waals surface area contributed by atoms with Gasteiger partial charge in [0.25, 0.3) is 0 Å². The van der Waals surface area contributed by atoms with Crippen LogP contribution in [0.25, 0.3) is 16.6 Å². The van der Waals surface area contributed by atoms with Gasteiger partial charge in [-0.3, -0.25) is 4.79 Å². The minimum absolute atomic E-state index is 0.0796. The van der Waals surface area contributed by atoms with E-state index in [0.717, 1.165) is 42.5 Å². The first-order valence-corrected chi connectivity index (χ1v) is 13.2. The standard InChI is InChI=1S/C31H30FN3O2/c1-20-15-28-23(17-33-35(28)25-9-7-24(32)8-10-25)16-26(20)31-19-34(30(36)22-11-13-37-14-12-22)18-27(31)29(31)21-5-3-2-4-6-21/h2-10,15-17,22,27,29H,11-14,18-19H2,1H3/t27-,29-,31+/m1/s1. The maximum Gasteiger partial charge on any atom is 0.225 e. The van der Waals surface area contributed by atoms with Gasteiger partial charge in [0.05, 0.1) is 17.4 Å². The van der Waals surface area contributed by atoms with Crippen LogP contribution in [-0.4, -0.2) is 46.9 Å². The number of carbonyl (C=O) groups excluding carboxylic acids is 1. The molecule has 0 spiro atoms. The van der Waals surface area contributed by atoms with Crippen molar-refractivity contribution in [2.75, 3.05) is 26.3 Å². The Hall–Kier alpha value is -3.51. The third-order valence-corrected chi connectivity index (χ3v) is 8.91. The Labute approximate surface area is 215 Å². The van der Waals surface area contributed by atoms with Gasteiger partial charge in [-0.05, 0) is 78.8 Å². The van der Waals surface area contributed by atoms with E-state index in [-0.39, 0.29) is 17.2 Å². The number of carbonyl (C=O) groups is 1. The molecule has 3 aromatic carbocycles. The molecule has 1 aliphatic carbocycles. The van der Waals surface area contributed by atoms with Crippen molar-refractivity contribution in [1.29, 1.82) is 0 Å². The average Bonchev–Trinajstić information content (AvgIpc) is 3.19. The monoisotopic (exact) mass is 495 g/mol. The van der Waals surface area contributed by atoms with E-state index in [0.29, 0.717) is 31.0 Å². The second-order valence-corrected chi connectivity index (χ2v) is 10.9. The molecule has 3 atom stereocenters. The molecule has 0 bridgehead atoms. The van der Waals surface area contributed by atoms with Gasteiger partial charge >= 0.3 is 0 Å². The molecule has 0 radical (unpaired) electrons. The van der Waals surface area contributed by atoms with Gasteiger partial charge in [-0.15, -0.1) is 0 Å². The van der Waals surface area contributed by atoms with Crippen molar-refractivity contribution in [3.63, 3.8) is 0 Å². The van der Waals surface area contributed by atoms with Crippen LogP contribution in [0, 0.1) is 24.6 Å². The number of piperidine rings is 1. The lowest BCUT2D eigenvalue weighted by Gasteiger charge is -2.30. The number of rotatable bonds is 4. The van der Waals surface area contributed by atoms with Crippen LogP contribution in [0.3, 0.4) is 0 Å². The summed E-state index contributed by atoms with van der Waals surface area (Å²) in [6, 6.07) is 21.7. The van der Waals surface area contributed by atoms with E-state index in [2.05, 4.69) is 59.4 Å². The molecule has 1 amide bonds. The Kier molecular flexibility index (Phi) is 5.22. The molecule has 0 N–H and O–H groups in total. The minimum Gasteiger partial charge on any atom is -0.381 e. The third kappa shape index (κ3) is 3.53. The van der Waals surface area contributed by atoms with Crippen LogP contribution < -0.4 is 0 Å². The number of fused-ring (bicyclic) bond motifs is 2. The van der Waals surface area contributed by atoms with E-state index in [9.17, 15) is 9.18 Å². The zero-order chi connectivity index (χ0) is 25.1. The average molecular weight is 496 g/mol. The lowest BCUT2D eigenvalue weighted by Crippen LogP contribution is -2.40. The zero-order valence-electron chi connectivity index (χ0n) is 20.9. The van der Waals surface area contributed by atoms with Crippen LogP contribution in [0.1, 0.15) is 35.4 Å². The predicted molar refractivity (Wildman–Crippen MR) is 140 cm³/mol. The van der Waals surface area contributed by atoms with Crippen molar-refractivity contribution in [3.05, 3.63) is 95.4 Å². The Morgan fingerprint density at radius 2 is 1.81 bits per heavy atom. The molecular weight excluding hydrogens is 465 g/mol. The summed E-state index contributed by atoms with van der Waals surface area (Å²) in [7, 11) is 0. The van der Waals surface area contributed by atoms with Crippen LogP contribution in [0.15, 0.2) is 72.9 Å². The van der Waals surface area contributed by atoms with Gasteiger partial charge in [-0.1, -0.05) is 30.3 Å². The van der Waals surface area contributed by atoms with E-state index in [1.807, 2.05) is 10.9 Å². The number of aromatic nitrogens is 2. The zero-order valence-corrected chi connectivity index (χ0v) is 20.9. The largest absolute Gasteiger partial charge is 0.381 e. The molecule has 188 valence electrons. The first-order chi connectivity index (χ1) is 18.1. The van der Waals surface area contributed by atoms with Crippen molar-refractivity contribution in [1.82, 2.24) is 14.7 Å². The molecule has 0 unspecified atom stereocenters. The minimum atomic E-state index is -0.259. The lowest BCUT2D eigenvalue weighted by atomic mass is 9.86. The Morgan fingerprint density at radius 1 is 1.05 bits per heavy atom. The highest BCUT2D eigenvalue weighted by atomic mass is 19.1. The first kappa shape index (κ1) is 22.7. The summed E-state index contributed by atoms with van der Waals surface area (Å²) in [4.78, 5) is 15.6. The van der Waals surface area contributed by atoms with E-state index in [1.54, 1.807) is 12.1 Å². The fourth-order valence-electron chi connectivity index (χ4n) is 7.10. The number of aryl methyl sites for hydroxylation is 1. The van der Waals surface area contributed by atoms with E-state index in [1.165, 1.54) is 28.8 Å². The molecule has 1 saturated carbocycles. The first-order valence-electron chi connectivity index (χ1n) is 13.2. The van der Waals surface area contributed by atoms with Gasteiger partial charge in [-0.2, -0.15) is 5.10 Å². The second kappa shape index (κ2) is 8.52. The predicted octanol–water partition coefficient (Wildman–Crippen LogP) is 5.39. The molecular formula is C31H30FN3O2. The number of amides is 1. The van der Waals surface area contributed by atoms with Gasteiger partial charge in [0.2, 0.25) is 5.91 Å². The van der Waals surface area contributed by atoms with Gasteiger partial charge in [0.15, 0.2) is 0 Å². The maximum absolute atomic E-state index is 13.5. The topological polar surface area (TPSA) is 47.4 Å². The number of benzene rings is 3. The van der Waals surface area contributed by atoms with Gasteiger partial charge in [-0.25, -0.2) is 9.07 Å². The van der Waals surface area contributed by atoms with Crippen LogP contribution in [-0.2, 0) is 14.9 Å². The number of ether oxygens (including phenoxy) is 1. The quantitative estimate of drug-likeness (QED) is 0.381. The van der Waals surface area contributed by atoms with Gasteiger partial charge in [0.1, 0.15) is 5.82 Å². The van der Waals surface area contributed by atoms with E-state index >= 15 is 0 Å². The third-order valence-electron chi connectivity index (χ3n) is 8.91. The number of halogens is 1. The fraction of sp³-hybridized carbons (Fsp3) is 0.355. The summed E-state index contributed by atoms with van der Waals surface area (Å²) in [6.45, 7) is 5.10. The number of nitrogens with zero attached hydrogens (tertiary/aromatic N) is 3. The van der Waals surface area contributed by atoms with Crippen LogP contribution in [0.4, 0.5) is 4.39 Å². The van der Waals surface area contributed by atoms with Crippen molar-refractivity contribution in [2.24, 2.45) is 11.8 Å². The molecule has 6 heteroatoms. The molecule has 5 nitrogen and oxygen atoms in total. The molecule has 3 heterocycles. The Morgan fingerprint density at radius 3 is 2.57 bits per heavy atom. The summed E-state index contributed by atoms with van der Waals surface area (Å²) in [5.41, 5.74) is 5.64. The molecule has 2 saturated heterocycles. The summed E-state index contributed by atoms with van der Waals surface area (Å²) in [5, 5.41) is 5.70. The molecule has 37 heavy (non-hydrogen) atoms. The summed E-state index contributed by atoms with van der Waals surface area (Å²) in [5.74, 6) is 0.920. The fourth-order valence-corrected chi connectivity index (χ4v) is 7.10. The van der Waals surface area contributed by atoms with Gasteiger partial charge in [0, 0.05) is 48.9 Å². The molecule has 3 aliphatic rings. The normalized spacial score (nSPS) is 25.4. The number of hydrogen-bond acceptors (Lipinski definition) is 3. The van der Waals surface area contributed by atoms with Crippen molar-refractivity contribution >= 4 is 16.8 Å². The van der Waals surface area contributed by atoms with Crippen LogP contribution >= 0.6 is 0 Å². The lowest BCUT2D eigenvalue weighted by molar-refractivity contribution is -0.138. The van der Waals surface area contributed by atoms with Gasteiger partial charge < -0.3 is 9.64 Å². The molecule has 2 aliphatic heterocycles. The van der Waals surface area contributed by atoms with Crippen LogP contribution in [0.5, 0.6) is 0 Å². The molecule has 7 rings (SSSR count). The summed E-state index contributed by atoms with van der Waals surface area (Å²) < 4.78 is 20.9. The second-order valence-electron chi connectivity index (χ2n) is 10.9. The molecule has 1 aromatic heterocycles. The van der Waals surface area contributed by atoms with Crippen molar-refractivity contribution < 1.29 is 13.9 Å². The Balaban J connectivity index is 1.28. The smallest absolute Gasteiger partial charge is 0.225 e. The number of likely N-dealkylation sites (tertiary alicyclic amines) is 1. The molecule has 3 fully saturated rings. The highest BCUT2D eigenvalue weighted by Crippen LogP contribution is 2.70. The maximum atomic E-state index is 13.5. The van der Waals surface area contributed by atoms with Crippen molar-refractivity contribution in [2.45, 2.75) is 31.1 Å². The van der Waals surface area contributed by atoms with Crippen LogP contribution in [0.2, 0.25) is 0 Å². The Bertz CT molecular complexity index is 1480. The molecule has 4 aromatic rings. The SMILES string of the molecule is Cc1cc2c(cnn2-c2ccc(F)cc2)cc1[C@@]12CN(C(=O)C3CCOCC3)C[C@@H]1[C@H]2c1ccccc1. The van der Waals surface area contributed by atoms with E-state index in [4.69, 9.17) is 4.74 Å². The highest BCUT2D eigenvalue weighted by molar-refractivity contribution is 5.84. The van der Waals surface area contributed by atoms with Crippen molar-refractivity contribution in [3.8, 4) is 5.69 Å². The summed E-state index contributed by atoms with van der Waals surface area (Å²) >= 11 is 0.